The van der Waals surface area contributed by atoms with Gasteiger partial charge >= 0.3 is 0 Å². The normalized spacial score (nSPS) is 17.6. The Morgan fingerprint density at radius 3 is 2.67 bits per heavy atom. The highest BCUT2D eigenvalue weighted by molar-refractivity contribution is 9.10. The van der Waals surface area contributed by atoms with Crippen molar-refractivity contribution in [2.45, 2.75) is 36.6 Å². The number of nitrogens with zero attached hydrogens (tertiary/aromatic N) is 2. The molecule has 7 heteroatoms. The average molecular weight is 354 g/mol. The van der Waals surface area contributed by atoms with Crippen LogP contribution in [0.25, 0.3) is 0 Å². The summed E-state index contributed by atoms with van der Waals surface area (Å²) in [6, 6.07) is 1.57. The fourth-order valence-corrected chi connectivity index (χ4v) is 4.54. The zero-order valence-corrected chi connectivity index (χ0v) is 13.1. The molecule has 100 valence electrons. The van der Waals surface area contributed by atoms with Gasteiger partial charge in [-0.2, -0.15) is 4.31 Å². The largest absolute Gasteiger partial charge is 0.246 e. The second kappa shape index (κ2) is 5.45. The standard InChI is InChI=1S/C11H14BrClN2O2S/c1-15(9-4-2-3-5-9)18(16,17)10-6-8(12)7-14-11(10)13/h6-7,9H,2-5H2,1H3. The van der Waals surface area contributed by atoms with Crippen molar-refractivity contribution in [3.8, 4) is 0 Å². The molecule has 1 saturated carbocycles. The van der Waals surface area contributed by atoms with Crippen molar-refractivity contribution in [2.24, 2.45) is 0 Å². The topological polar surface area (TPSA) is 50.3 Å². The Bertz CT molecular complexity index is 544. The minimum absolute atomic E-state index is 0.0167. The number of halogens is 2. The molecule has 1 heterocycles. The van der Waals surface area contributed by atoms with E-state index in [9.17, 15) is 8.42 Å². The van der Waals surface area contributed by atoms with Crippen LogP contribution in [0.4, 0.5) is 0 Å². The van der Waals surface area contributed by atoms with Crippen LogP contribution in [0.2, 0.25) is 5.15 Å². The minimum atomic E-state index is -3.57. The van der Waals surface area contributed by atoms with E-state index in [4.69, 9.17) is 11.6 Å². The quantitative estimate of drug-likeness (QED) is 0.785. The monoisotopic (exact) mass is 352 g/mol. The Morgan fingerprint density at radius 1 is 1.44 bits per heavy atom. The molecule has 0 N–H and O–H groups in total. The van der Waals surface area contributed by atoms with Gasteiger partial charge in [0.25, 0.3) is 0 Å². The molecule has 1 fully saturated rings. The summed E-state index contributed by atoms with van der Waals surface area (Å²) in [7, 11) is -1.95. The molecule has 1 aromatic heterocycles. The van der Waals surface area contributed by atoms with Gasteiger partial charge in [0, 0.05) is 23.8 Å². The number of hydrogen-bond donors (Lipinski definition) is 0. The molecule has 2 rings (SSSR count). The van der Waals surface area contributed by atoms with Crippen molar-refractivity contribution in [3.63, 3.8) is 0 Å². The van der Waals surface area contributed by atoms with E-state index in [0.717, 1.165) is 25.7 Å². The third-order valence-electron chi connectivity index (χ3n) is 3.27. The lowest BCUT2D eigenvalue weighted by atomic mass is 10.3. The summed E-state index contributed by atoms with van der Waals surface area (Å²) >= 11 is 9.11. The first kappa shape index (κ1) is 14.2. The fourth-order valence-electron chi connectivity index (χ4n) is 2.20. The maximum atomic E-state index is 12.5. The number of rotatable bonds is 3. The van der Waals surface area contributed by atoms with Crippen LogP contribution in [0, 0.1) is 0 Å². The van der Waals surface area contributed by atoms with E-state index in [0.29, 0.717) is 4.47 Å². The van der Waals surface area contributed by atoms with Gasteiger partial charge in [-0.3, -0.25) is 0 Å². The first-order valence-corrected chi connectivity index (χ1v) is 8.33. The van der Waals surface area contributed by atoms with E-state index < -0.39 is 10.0 Å². The minimum Gasteiger partial charge on any atom is -0.242 e. The van der Waals surface area contributed by atoms with Crippen molar-refractivity contribution in [3.05, 3.63) is 21.9 Å². The van der Waals surface area contributed by atoms with Crippen LogP contribution in [-0.4, -0.2) is 30.8 Å². The molecule has 0 radical (unpaired) electrons. The first-order chi connectivity index (χ1) is 8.43. The molecule has 4 nitrogen and oxygen atoms in total. The van der Waals surface area contributed by atoms with Crippen molar-refractivity contribution in [1.82, 2.24) is 9.29 Å². The van der Waals surface area contributed by atoms with Gasteiger partial charge in [-0.15, -0.1) is 0 Å². The van der Waals surface area contributed by atoms with E-state index in [1.54, 1.807) is 7.05 Å². The van der Waals surface area contributed by atoms with Crippen molar-refractivity contribution < 1.29 is 8.42 Å². The summed E-state index contributed by atoms with van der Waals surface area (Å²) in [5.41, 5.74) is 0. The van der Waals surface area contributed by atoms with E-state index in [2.05, 4.69) is 20.9 Å². The van der Waals surface area contributed by atoms with E-state index in [1.165, 1.54) is 16.6 Å². The van der Waals surface area contributed by atoms with Crippen LogP contribution in [0.3, 0.4) is 0 Å². The number of sulfonamides is 1. The molecule has 1 aromatic rings. The highest BCUT2D eigenvalue weighted by atomic mass is 79.9. The molecule has 0 aliphatic heterocycles. The molecule has 18 heavy (non-hydrogen) atoms. The maximum Gasteiger partial charge on any atom is 0.246 e. The molecule has 0 aromatic carbocycles. The van der Waals surface area contributed by atoms with Gasteiger partial charge in [-0.25, -0.2) is 13.4 Å². The Kier molecular flexibility index (Phi) is 4.31. The third kappa shape index (κ3) is 2.71. The smallest absolute Gasteiger partial charge is 0.242 e. The molecular weight excluding hydrogens is 340 g/mol. The van der Waals surface area contributed by atoms with E-state index in [-0.39, 0.29) is 16.1 Å². The lowest BCUT2D eigenvalue weighted by Gasteiger charge is -2.23. The fraction of sp³-hybridized carbons (Fsp3) is 0.545. The van der Waals surface area contributed by atoms with Crippen LogP contribution in [0.5, 0.6) is 0 Å². The molecule has 0 saturated heterocycles. The predicted molar refractivity (Wildman–Crippen MR) is 74.2 cm³/mol. The van der Waals surface area contributed by atoms with Crippen LogP contribution in [0.1, 0.15) is 25.7 Å². The second-order valence-corrected chi connectivity index (χ2v) is 7.64. The highest BCUT2D eigenvalue weighted by Gasteiger charge is 2.31. The first-order valence-electron chi connectivity index (χ1n) is 5.72. The van der Waals surface area contributed by atoms with Gasteiger partial charge < -0.3 is 0 Å². The van der Waals surface area contributed by atoms with Crippen molar-refractivity contribution in [2.75, 3.05) is 7.05 Å². The zero-order chi connectivity index (χ0) is 13.3. The summed E-state index contributed by atoms with van der Waals surface area (Å²) < 4.78 is 27.0. The Hall–Kier alpha value is -0.170. The molecule has 0 atom stereocenters. The number of aromatic nitrogens is 1. The van der Waals surface area contributed by atoms with Gasteiger partial charge in [-0.1, -0.05) is 24.4 Å². The van der Waals surface area contributed by atoms with Crippen LogP contribution < -0.4 is 0 Å². The SMILES string of the molecule is CN(C1CCCC1)S(=O)(=O)c1cc(Br)cnc1Cl. The van der Waals surface area contributed by atoms with Gasteiger partial charge in [0.1, 0.15) is 10.0 Å². The van der Waals surface area contributed by atoms with Crippen LogP contribution in [-0.2, 0) is 10.0 Å². The Morgan fingerprint density at radius 2 is 2.06 bits per heavy atom. The molecule has 0 unspecified atom stereocenters. The predicted octanol–water partition coefficient (Wildman–Crippen LogP) is 3.06. The van der Waals surface area contributed by atoms with Gasteiger partial charge in [-0.05, 0) is 34.8 Å². The summed E-state index contributed by atoms with van der Waals surface area (Å²) in [4.78, 5) is 3.93. The highest BCUT2D eigenvalue weighted by Crippen LogP contribution is 2.30. The van der Waals surface area contributed by atoms with Crippen molar-refractivity contribution >= 4 is 37.6 Å². The van der Waals surface area contributed by atoms with Gasteiger partial charge in [0.05, 0.1) is 0 Å². The number of pyridine rings is 1. The summed E-state index contributed by atoms with van der Waals surface area (Å²) in [6.07, 6.45) is 5.46. The van der Waals surface area contributed by atoms with E-state index >= 15 is 0 Å². The van der Waals surface area contributed by atoms with Gasteiger partial charge in [0.15, 0.2) is 0 Å². The average Bonchev–Trinajstić information content (AvgIpc) is 2.84. The summed E-state index contributed by atoms with van der Waals surface area (Å²) in [6.45, 7) is 0. The van der Waals surface area contributed by atoms with Crippen LogP contribution >= 0.6 is 27.5 Å². The Balaban J connectivity index is 2.37. The molecule has 1 aliphatic carbocycles. The van der Waals surface area contributed by atoms with Crippen molar-refractivity contribution in [1.29, 1.82) is 0 Å². The van der Waals surface area contributed by atoms with E-state index in [1.807, 2.05) is 0 Å². The number of hydrogen-bond acceptors (Lipinski definition) is 3. The van der Waals surface area contributed by atoms with Crippen LogP contribution in [0.15, 0.2) is 21.6 Å². The lowest BCUT2D eigenvalue weighted by Crippen LogP contribution is -2.35. The Labute approximate surface area is 121 Å². The molecule has 0 spiro atoms. The second-order valence-electron chi connectivity index (χ2n) is 4.40. The zero-order valence-electron chi connectivity index (χ0n) is 9.94. The molecule has 0 bridgehead atoms. The molecule has 0 amide bonds. The maximum absolute atomic E-state index is 12.5. The summed E-state index contributed by atoms with van der Waals surface area (Å²) in [5.74, 6) is 0. The molecule has 1 aliphatic rings. The third-order valence-corrected chi connectivity index (χ3v) is 6.04. The summed E-state index contributed by atoms with van der Waals surface area (Å²) in [5, 5.41) is 0.0167. The molecular formula is C11H14BrClN2O2S. The van der Waals surface area contributed by atoms with Gasteiger partial charge in [0.2, 0.25) is 10.0 Å². The lowest BCUT2D eigenvalue weighted by molar-refractivity contribution is 0.373.